The fourth-order valence-corrected chi connectivity index (χ4v) is 3.38. The number of hydrogen-bond acceptors (Lipinski definition) is 6. The molecule has 0 aliphatic carbocycles. The van der Waals surface area contributed by atoms with E-state index >= 15 is 0 Å². The smallest absolute Gasteiger partial charge is 0.291 e. The highest BCUT2D eigenvalue weighted by Gasteiger charge is 2.27. The first-order valence-electron chi connectivity index (χ1n) is 10.7. The van der Waals surface area contributed by atoms with E-state index in [-0.39, 0.29) is 23.0 Å². The van der Waals surface area contributed by atoms with Crippen molar-refractivity contribution in [3.63, 3.8) is 0 Å². The molecule has 0 unspecified atom stereocenters. The van der Waals surface area contributed by atoms with Gasteiger partial charge in [0.25, 0.3) is 11.6 Å². The van der Waals surface area contributed by atoms with Gasteiger partial charge in [-0.2, -0.15) is 8.78 Å². The van der Waals surface area contributed by atoms with Crippen LogP contribution in [0.4, 0.5) is 33.3 Å². The number of non-ortho nitro benzene ring substituents is 1. The van der Waals surface area contributed by atoms with Gasteiger partial charge in [-0.05, 0) is 42.8 Å². The molecular weight excluding hydrogens is 555 g/mol. The number of furan rings is 1. The van der Waals surface area contributed by atoms with Crippen molar-refractivity contribution < 1.29 is 45.6 Å². The van der Waals surface area contributed by atoms with Crippen LogP contribution in [0.15, 0.2) is 52.9 Å². The van der Waals surface area contributed by atoms with Crippen molar-refractivity contribution in [2.45, 2.75) is 13.5 Å². The van der Waals surface area contributed by atoms with Crippen LogP contribution in [0.5, 0.6) is 17.2 Å². The van der Waals surface area contributed by atoms with Crippen molar-refractivity contribution in [1.82, 2.24) is 0 Å². The Morgan fingerprint density at radius 3 is 2.26 bits per heavy atom. The number of carbonyl (C=O) groups excluding carboxylic acids is 1. The van der Waals surface area contributed by atoms with E-state index in [0.29, 0.717) is 16.3 Å². The molecule has 1 heterocycles. The molecule has 0 fully saturated rings. The van der Waals surface area contributed by atoms with E-state index in [1.54, 1.807) is 25.1 Å². The highest BCUT2D eigenvalue weighted by atomic mass is 35.5. The zero-order valence-electron chi connectivity index (χ0n) is 19.5. The van der Waals surface area contributed by atoms with Crippen molar-refractivity contribution in [2.75, 3.05) is 5.32 Å². The van der Waals surface area contributed by atoms with E-state index in [1.807, 2.05) is 0 Å². The molecule has 3 aromatic carbocycles. The van der Waals surface area contributed by atoms with Crippen LogP contribution in [0.25, 0.3) is 0 Å². The largest absolute Gasteiger partial charge is 0.479 e. The predicted molar refractivity (Wildman–Crippen MR) is 127 cm³/mol. The molecule has 202 valence electrons. The summed E-state index contributed by atoms with van der Waals surface area (Å²) in [5.41, 5.74) is 0.265. The molecule has 1 amide bonds. The monoisotopic (exact) mass is 568 g/mol. The van der Waals surface area contributed by atoms with E-state index < -0.39 is 58.0 Å². The van der Waals surface area contributed by atoms with Gasteiger partial charge in [-0.3, -0.25) is 14.9 Å². The van der Waals surface area contributed by atoms with Gasteiger partial charge in [-0.1, -0.05) is 11.6 Å². The van der Waals surface area contributed by atoms with Gasteiger partial charge in [0.1, 0.15) is 23.9 Å². The number of nitrogens with zero attached hydrogens (tertiary/aromatic N) is 1. The molecule has 0 saturated carbocycles. The molecule has 0 saturated heterocycles. The third-order valence-corrected chi connectivity index (χ3v) is 5.56. The summed E-state index contributed by atoms with van der Waals surface area (Å²) in [5, 5.41) is 14.3. The lowest BCUT2D eigenvalue weighted by Crippen LogP contribution is -2.11. The molecule has 8 nitrogen and oxygen atoms in total. The Labute approximate surface area is 220 Å². The number of aryl methyl sites for hydroxylation is 1. The molecule has 0 aliphatic rings. The summed E-state index contributed by atoms with van der Waals surface area (Å²) >= 11 is 5.99. The minimum Gasteiger partial charge on any atom is -0.479 e. The zero-order valence-corrected chi connectivity index (χ0v) is 20.2. The van der Waals surface area contributed by atoms with Crippen molar-refractivity contribution in [3.8, 4) is 17.2 Å². The van der Waals surface area contributed by atoms with Gasteiger partial charge < -0.3 is 19.2 Å². The van der Waals surface area contributed by atoms with Gasteiger partial charge in [0, 0.05) is 17.2 Å². The SMILES string of the molecule is Cc1cc(Oc2cc(NC(=O)c3ccc(COc4c(F)c(F)c(F)c(F)c4F)o3)cc([N+](=O)[O-])c2)ccc1Cl. The number of ether oxygens (including phenoxy) is 2. The van der Waals surface area contributed by atoms with Crippen LogP contribution in [0.2, 0.25) is 5.02 Å². The lowest BCUT2D eigenvalue weighted by Gasteiger charge is -2.10. The van der Waals surface area contributed by atoms with Crippen LogP contribution in [0.1, 0.15) is 21.9 Å². The molecule has 1 N–H and O–H groups in total. The number of rotatable bonds is 8. The average molecular weight is 569 g/mol. The highest BCUT2D eigenvalue weighted by Crippen LogP contribution is 2.32. The quantitative estimate of drug-likeness (QED) is 0.0777. The van der Waals surface area contributed by atoms with Crippen LogP contribution >= 0.6 is 11.6 Å². The first-order valence-corrected chi connectivity index (χ1v) is 11.1. The van der Waals surface area contributed by atoms with Gasteiger partial charge in [-0.15, -0.1) is 0 Å². The second-order valence-corrected chi connectivity index (χ2v) is 8.30. The molecular formula is C25H14ClF5N2O6. The Hall–Kier alpha value is -4.65. The number of hydrogen-bond donors (Lipinski definition) is 1. The minimum atomic E-state index is -2.34. The molecule has 0 bridgehead atoms. The number of benzene rings is 3. The summed E-state index contributed by atoms with van der Waals surface area (Å²) in [6, 6.07) is 10.5. The molecule has 1 aromatic heterocycles. The fourth-order valence-electron chi connectivity index (χ4n) is 3.26. The van der Waals surface area contributed by atoms with Crippen LogP contribution < -0.4 is 14.8 Å². The van der Waals surface area contributed by atoms with Crippen LogP contribution in [-0.2, 0) is 6.61 Å². The van der Waals surface area contributed by atoms with Gasteiger partial charge in [-0.25, -0.2) is 13.2 Å². The second-order valence-electron chi connectivity index (χ2n) is 7.89. The van der Waals surface area contributed by atoms with E-state index in [0.717, 1.165) is 24.3 Å². The maximum Gasteiger partial charge on any atom is 0.291 e. The summed E-state index contributed by atoms with van der Waals surface area (Å²) in [6.45, 7) is 0.946. The lowest BCUT2D eigenvalue weighted by atomic mass is 10.2. The van der Waals surface area contributed by atoms with Crippen molar-refractivity contribution in [1.29, 1.82) is 0 Å². The number of carbonyl (C=O) groups is 1. The van der Waals surface area contributed by atoms with E-state index in [2.05, 4.69) is 10.1 Å². The predicted octanol–water partition coefficient (Wildman–Crippen LogP) is 7.47. The molecule has 0 atom stereocenters. The third kappa shape index (κ3) is 5.93. The Balaban J connectivity index is 1.49. The van der Waals surface area contributed by atoms with Gasteiger partial charge >= 0.3 is 0 Å². The van der Waals surface area contributed by atoms with Gasteiger partial charge in [0.2, 0.25) is 29.1 Å². The topological polar surface area (TPSA) is 104 Å². The zero-order chi connectivity index (χ0) is 28.4. The summed E-state index contributed by atoms with van der Waals surface area (Å²) < 4.78 is 82.9. The molecule has 0 aliphatic heterocycles. The first kappa shape index (κ1) is 27.4. The molecule has 4 rings (SSSR count). The Bertz CT molecular complexity index is 1580. The number of anilines is 1. The summed E-state index contributed by atoms with van der Waals surface area (Å²) in [4.78, 5) is 23.3. The van der Waals surface area contributed by atoms with Crippen LogP contribution in [0, 0.1) is 46.1 Å². The number of nitro benzene ring substituents is 1. The van der Waals surface area contributed by atoms with E-state index in [1.165, 1.54) is 6.07 Å². The molecule has 14 heteroatoms. The fraction of sp³-hybridized carbons (Fsp3) is 0.0800. The summed E-state index contributed by atoms with van der Waals surface area (Å²) in [7, 11) is 0. The molecule has 4 aromatic rings. The Morgan fingerprint density at radius 2 is 1.62 bits per heavy atom. The Kier molecular flexibility index (Phi) is 7.72. The number of nitrogens with one attached hydrogen (secondary N) is 1. The van der Waals surface area contributed by atoms with Crippen molar-refractivity contribution in [3.05, 3.63) is 110 Å². The third-order valence-electron chi connectivity index (χ3n) is 5.14. The number of halogens is 6. The minimum absolute atomic E-state index is 0.0255. The average Bonchev–Trinajstić information content (AvgIpc) is 3.37. The maximum absolute atomic E-state index is 13.8. The van der Waals surface area contributed by atoms with Gasteiger partial charge in [0.05, 0.1) is 16.7 Å². The second kappa shape index (κ2) is 11.0. The lowest BCUT2D eigenvalue weighted by molar-refractivity contribution is -0.384. The van der Waals surface area contributed by atoms with Gasteiger partial charge in [0.15, 0.2) is 11.5 Å². The molecule has 0 spiro atoms. The molecule has 39 heavy (non-hydrogen) atoms. The van der Waals surface area contributed by atoms with E-state index in [4.69, 9.17) is 20.8 Å². The number of amides is 1. The first-order chi connectivity index (χ1) is 18.4. The molecule has 0 radical (unpaired) electrons. The summed E-state index contributed by atoms with van der Waals surface area (Å²) in [5.74, 6) is -13.7. The van der Waals surface area contributed by atoms with Crippen LogP contribution in [0.3, 0.4) is 0 Å². The van der Waals surface area contributed by atoms with Crippen LogP contribution in [-0.4, -0.2) is 10.8 Å². The van der Waals surface area contributed by atoms with E-state index in [9.17, 15) is 36.9 Å². The van der Waals surface area contributed by atoms with Crippen molar-refractivity contribution in [2.24, 2.45) is 0 Å². The standard InChI is InChI=1S/C25H14ClF5N2O6/c1-11-6-14(2-4-17(11)26)38-16-8-12(7-13(9-16)33(35)36)32-25(34)18-5-3-15(39-18)10-37-24-22(30)20(28)19(27)21(29)23(24)31/h2-9H,10H2,1H3,(H,32,34). The number of nitro groups is 1. The van der Waals surface area contributed by atoms with Crippen molar-refractivity contribution >= 4 is 28.9 Å². The maximum atomic E-state index is 13.8. The summed E-state index contributed by atoms with van der Waals surface area (Å²) in [6.07, 6.45) is 0. The highest BCUT2D eigenvalue weighted by molar-refractivity contribution is 6.31. The normalized spacial score (nSPS) is 10.8. The Morgan fingerprint density at radius 1 is 0.949 bits per heavy atom.